The van der Waals surface area contributed by atoms with Crippen molar-refractivity contribution in [1.29, 1.82) is 0 Å². The van der Waals surface area contributed by atoms with Crippen LogP contribution in [0.4, 0.5) is 10.1 Å². The molecule has 1 N–H and O–H groups in total. The third-order valence-electron chi connectivity index (χ3n) is 3.85. The minimum absolute atomic E-state index is 0.00869. The Hall–Kier alpha value is -1.60. The maximum absolute atomic E-state index is 13.0. The molecular weight excluding hydrogens is 345 g/mol. The lowest BCUT2D eigenvalue weighted by Crippen LogP contribution is -2.40. The van der Waals surface area contributed by atoms with E-state index in [-0.39, 0.29) is 22.7 Å². The fraction of sp³-hybridized carbons (Fsp3) is 0.400. The number of carboxylic acid groups (broad SMARTS) is 1. The van der Waals surface area contributed by atoms with Crippen molar-refractivity contribution in [3.05, 3.63) is 40.2 Å². The summed E-state index contributed by atoms with van der Waals surface area (Å²) < 4.78 is 40.5. The number of sulfonamides is 1. The molecule has 2 rings (SSSR count). The van der Waals surface area contributed by atoms with Crippen molar-refractivity contribution in [2.24, 2.45) is 0 Å². The maximum atomic E-state index is 13.0. The molecule has 23 heavy (non-hydrogen) atoms. The minimum Gasteiger partial charge on any atom is -0.545 e. The summed E-state index contributed by atoms with van der Waals surface area (Å²) in [7, 11) is -4.04. The monoisotopic (exact) mass is 360 g/mol. The van der Waals surface area contributed by atoms with Crippen LogP contribution < -0.4 is 9.83 Å². The van der Waals surface area contributed by atoms with Crippen LogP contribution >= 0.6 is 11.6 Å². The van der Waals surface area contributed by atoms with Gasteiger partial charge in [0.15, 0.2) is 0 Å². The first-order chi connectivity index (χ1) is 10.8. The van der Waals surface area contributed by atoms with E-state index in [2.05, 4.69) is 4.72 Å². The van der Waals surface area contributed by atoms with Gasteiger partial charge in [-0.3, -0.25) is 4.72 Å². The van der Waals surface area contributed by atoms with Gasteiger partial charge in [0.25, 0.3) is 0 Å². The second-order valence-electron chi connectivity index (χ2n) is 5.31. The van der Waals surface area contributed by atoms with E-state index in [0.717, 1.165) is 12.1 Å². The number of hydrogen-bond donors (Lipinski definition) is 1. The molecule has 0 spiro atoms. The predicted molar refractivity (Wildman–Crippen MR) is 83.9 cm³/mol. The van der Waals surface area contributed by atoms with Gasteiger partial charge in [0.05, 0.1) is 16.7 Å². The summed E-state index contributed by atoms with van der Waals surface area (Å²) in [5.41, 5.74) is 0.413. The van der Waals surface area contributed by atoms with Crippen LogP contribution in [0.25, 0.3) is 0 Å². The Kier molecular flexibility index (Phi) is 5.31. The Morgan fingerprint density at radius 2 is 2.17 bits per heavy atom. The SMILES string of the molecule is CCC1=C(C(=O)[O-])C(S(=O)(=O)Nc2ccc(F)cc2Cl)CCC1. The van der Waals surface area contributed by atoms with Gasteiger partial charge in [-0.05, 0) is 49.5 Å². The lowest BCUT2D eigenvalue weighted by Gasteiger charge is -2.29. The zero-order chi connectivity index (χ0) is 17.2. The molecule has 1 unspecified atom stereocenters. The summed E-state index contributed by atoms with van der Waals surface area (Å²) in [5, 5.41) is 10.1. The third kappa shape index (κ3) is 3.84. The van der Waals surface area contributed by atoms with E-state index in [1.807, 2.05) is 0 Å². The number of carboxylic acids is 1. The van der Waals surface area contributed by atoms with Gasteiger partial charge in [-0.1, -0.05) is 24.1 Å². The lowest BCUT2D eigenvalue weighted by atomic mass is 9.90. The van der Waals surface area contributed by atoms with Crippen molar-refractivity contribution >= 4 is 33.3 Å². The van der Waals surface area contributed by atoms with Gasteiger partial charge in [-0.15, -0.1) is 0 Å². The smallest absolute Gasteiger partial charge is 0.239 e. The molecule has 1 aliphatic rings. The Bertz CT molecular complexity index is 761. The predicted octanol–water partition coefficient (Wildman–Crippen LogP) is 2.23. The van der Waals surface area contributed by atoms with Crippen molar-refractivity contribution < 1.29 is 22.7 Å². The molecule has 1 aromatic carbocycles. The van der Waals surface area contributed by atoms with Crippen LogP contribution in [0.5, 0.6) is 0 Å². The number of benzene rings is 1. The quantitative estimate of drug-likeness (QED) is 0.872. The van der Waals surface area contributed by atoms with Crippen molar-refractivity contribution in [3.8, 4) is 0 Å². The van der Waals surface area contributed by atoms with Crippen molar-refractivity contribution in [2.75, 3.05) is 4.72 Å². The molecule has 0 bridgehead atoms. The molecule has 1 aliphatic carbocycles. The highest BCUT2D eigenvalue weighted by Gasteiger charge is 2.34. The van der Waals surface area contributed by atoms with Gasteiger partial charge in [0, 0.05) is 0 Å². The fourth-order valence-electron chi connectivity index (χ4n) is 2.76. The average molecular weight is 361 g/mol. The van der Waals surface area contributed by atoms with Crippen LogP contribution in [0.1, 0.15) is 32.6 Å². The molecule has 1 atom stereocenters. The number of anilines is 1. The van der Waals surface area contributed by atoms with E-state index in [9.17, 15) is 22.7 Å². The Labute approximate surface area is 139 Å². The van der Waals surface area contributed by atoms with Gasteiger partial charge in [-0.25, -0.2) is 12.8 Å². The Morgan fingerprint density at radius 1 is 1.48 bits per heavy atom. The Morgan fingerprint density at radius 3 is 2.74 bits per heavy atom. The minimum atomic E-state index is -4.04. The molecule has 8 heteroatoms. The van der Waals surface area contributed by atoms with Crippen LogP contribution in [0.15, 0.2) is 29.3 Å². The highest BCUT2D eigenvalue weighted by molar-refractivity contribution is 7.93. The normalized spacial score (nSPS) is 18.8. The molecule has 0 aliphatic heterocycles. The second kappa shape index (κ2) is 6.88. The second-order valence-corrected chi connectivity index (χ2v) is 7.58. The maximum Gasteiger partial charge on any atom is 0.239 e. The highest BCUT2D eigenvalue weighted by atomic mass is 35.5. The molecule has 0 fully saturated rings. The summed E-state index contributed by atoms with van der Waals surface area (Å²) in [4.78, 5) is 11.4. The molecule has 0 radical (unpaired) electrons. The molecule has 0 amide bonds. The van der Waals surface area contributed by atoms with E-state index >= 15 is 0 Å². The highest BCUT2D eigenvalue weighted by Crippen LogP contribution is 2.33. The average Bonchev–Trinajstić information content (AvgIpc) is 2.49. The summed E-state index contributed by atoms with van der Waals surface area (Å²) in [6, 6.07) is 3.24. The van der Waals surface area contributed by atoms with E-state index in [1.165, 1.54) is 6.07 Å². The number of carbonyl (C=O) groups excluding carboxylic acids is 1. The number of nitrogens with one attached hydrogen (secondary N) is 1. The number of hydrogen-bond acceptors (Lipinski definition) is 4. The van der Waals surface area contributed by atoms with Crippen molar-refractivity contribution in [3.63, 3.8) is 0 Å². The zero-order valence-electron chi connectivity index (χ0n) is 12.4. The molecule has 0 saturated heterocycles. The topological polar surface area (TPSA) is 86.3 Å². The molecule has 1 aromatic rings. The van der Waals surface area contributed by atoms with Crippen molar-refractivity contribution in [2.45, 2.75) is 37.9 Å². The van der Waals surface area contributed by atoms with Gasteiger partial charge in [-0.2, -0.15) is 0 Å². The van der Waals surface area contributed by atoms with Crippen LogP contribution in [0, 0.1) is 5.82 Å². The van der Waals surface area contributed by atoms with E-state index in [0.29, 0.717) is 24.8 Å². The van der Waals surface area contributed by atoms with Gasteiger partial charge >= 0.3 is 0 Å². The number of allylic oxidation sites excluding steroid dienone is 1. The van der Waals surface area contributed by atoms with Gasteiger partial charge in [0.2, 0.25) is 10.0 Å². The largest absolute Gasteiger partial charge is 0.545 e. The molecule has 0 aromatic heterocycles. The first-order valence-corrected chi connectivity index (χ1v) is 9.08. The van der Waals surface area contributed by atoms with E-state index in [1.54, 1.807) is 6.92 Å². The van der Waals surface area contributed by atoms with Gasteiger partial charge in [0.1, 0.15) is 11.1 Å². The van der Waals surface area contributed by atoms with Crippen LogP contribution in [-0.2, 0) is 14.8 Å². The van der Waals surface area contributed by atoms with E-state index < -0.39 is 27.1 Å². The fourth-order valence-corrected chi connectivity index (χ4v) is 4.70. The lowest BCUT2D eigenvalue weighted by molar-refractivity contribution is -0.299. The van der Waals surface area contributed by atoms with E-state index in [4.69, 9.17) is 11.6 Å². The summed E-state index contributed by atoms with van der Waals surface area (Å²) in [5.74, 6) is -2.07. The number of rotatable bonds is 5. The van der Waals surface area contributed by atoms with Crippen LogP contribution in [-0.4, -0.2) is 19.6 Å². The standard InChI is InChI=1S/C15H17ClFNO4S/c1-2-9-4-3-5-13(14(9)15(19)20)23(21,22)18-12-7-6-10(17)8-11(12)16/h6-8,13,18H,2-5H2,1H3,(H,19,20)/p-1. The number of halogens is 2. The molecule has 0 saturated carbocycles. The molecular formula is C15H16ClFNO4S-. The van der Waals surface area contributed by atoms with Crippen molar-refractivity contribution in [1.82, 2.24) is 0 Å². The zero-order valence-corrected chi connectivity index (χ0v) is 14.0. The first kappa shape index (κ1) is 17.7. The third-order valence-corrected chi connectivity index (χ3v) is 5.89. The Balaban J connectivity index is 2.40. The van der Waals surface area contributed by atoms with Crippen LogP contribution in [0.3, 0.4) is 0 Å². The number of carbonyl (C=O) groups is 1. The van der Waals surface area contributed by atoms with Gasteiger partial charge < -0.3 is 9.90 Å². The molecule has 126 valence electrons. The van der Waals surface area contributed by atoms with Crippen LogP contribution in [0.2, 0.25) is 5.02 Å². The summed E-state index contributed by atoms with van der Waals surface area (Å²) >= 11 is 5.82. The summed E-state index contributed by atoms with van der Waals surface area (Å²) in [6.45, 7) is 1.78. The molecule has 0 heterocycles. The number of aliphatic carboxylic acids is 1. The first-order valence-electron chi connectivity index (χ1n) is 7.16. The molecule has 5 nitrogen and oxygen atoms in total. The summed E-state index contributed by atoms with van der Waals surface area (Å²) in [6.07, 6.45) is 1.75.